The van der Waals surface area contributed by atoms with Gasteiger partial charge in [-0.25, -0.2) is 0 Å². The number of piperidine rings is 1. The van der Waals surface area contributed by atoms with Crippen molar-refractivity contribution >= 4 is 0 Å². The lowest BCUT2D eigenvalue weighted by molar-refractivity contribution is -0.0592. The number of rotatable bonds is 5. The maximum Gasteiger partial charge on any atom is 0.0952 e. The summed E-state index contributed by atoms with van der Waals surface area (Å²) in [4.78, 5) is 0. The molecule has 156 valence electrons. The average Bonchev–Trinajstić information content (AvgIpc) is 3.06. The molecule has 5 rings (SSSR count). The summed E-state index contributed by atoms with van der Waals surface area (Å²) < 4.78 is 8.84. The molecule has 0 amide bonds. The zero-order chi connectivity index (χ0) is 18.9. The van der Waals surface area contributed by atoms with Crippen LogP contribution in [0.5, 0.6) is 0 Å². The Morgan fingerprint density at radius 1 is 0.893 bits per heavy atom. The predicted molar refractivity (Wildman–Crippen MR) is 112 cm³/mol. The van der Waals surface area contributed by atoms with Crippen molar-refractivity contribution in [2.75, 3.05) is 13.2 Å². The molecule has 0 radical (unpaired) electrons. The summed E-state index contributed by atoms with van der Waals surface area (Å²) in [5, 5.41) is 14.6. The molecule has 4 nitrogen and oxygen atoms in total. The number of hydrogen-bond acceptors (Lipinski definition) is 3. The summed E-state index contributed by atoms with van der Waals surface area (Å²) in [7, 11) is 0. The molecule has 1 saturated carbocycles. The van der Waals surface area contributed by atoms with Crippen molar-refractivity contribution < 1.29 is 9.84 Å². The number of hydrogen-bond donors (Lipinski definition) is 2. The van der Waals surface area contributed by atoms with Crippen LogP contribution in [0, 0.1) is 5.92 Å². The van der Waals surface area contributed by atoms with E-state index in [0.717, 1.165) is 25.4 Å². The van der Waals surface area contributed by atoms with E-state index in [1.807, 2.05) is 0 Å². The molecule has 1 aromatic rings. The van der Waals surface area contributed by atoms with Crippen LogP contribution in [-0.4, -0.2) is 41.1 Å². The van der Waals surface area contributed by atoms with Crippen LogP contribution < -0.4 is 5.32 Å². The van der Waals surface area contributed by atoms with E-state index < -0.39 is 6.10 Å². The molecule has 4 heteroatoms. The molecule has 0 spiro atoms. The van der Waals surface area contributed by atoms with Gasteiger partial charge in [-0.2, -0.15) is 0 Å². The van der Waals surface area contributed by atoms with Crippen LogP contribution in [0.3, 0.4) is 0 Å². The summed E-state index contributed by atoms with van der Waals surface area (Å²) in [6.07, 6.45) is 16.5. The molecule has 1 saturated heterocycles. The number of aliphatic hydroxyl groups is 1. The van der Waals surface area contributed by atoms with Crippen molar-refractivity contribution in [2.24, 2.45) is 5.92 Å². The highest BCUT2D eigenvalue weighted by Gasteiger charge is 2.35. The second-order valence-electron chi connectivity index (χ2n) is 9.71. The highest BCUT2D eigenvalue weighted by molar-refractivity contribution is 5.41. The second-order valence-corrected chi connectivity index (χ2v) is 9.71. The SMILES string of the molecule is OC(COC1CCCC2CCCNC21)Cn1c2c(c3c1CCCC3)CCCC2. The van der Waals surface area contributed by atoms with Gasteiger partial charge < -0.3 is 19.7 Å². The van der Waals surface area contributed by atoms with Gasteiger partial charge in [0.15, 0.2) is 0 Å². The van der Waals surface area contributed by atoms with Crippen molar-refractivity contribution in [1.82, 2.24) is 9.88 Å². The van der Waals surface area contributed by atoms with E-state index in [1.54, 1.807) is 22.5 Å². The van der Waals surface area contributed by atoms with Crippen molar-refractivity contribution in [2.45, 2.75) is 108 Å². The zero-order valence-corrected chi connectivity index (χ0v) is 17.4. The number of nitrogens with one attached hydrogen (secondary N) is 1. The average molecular weight is 387 g/mol. The molecule has 0 bridgehead atoms. The molecule has 4 unspecified atom stereocenters. The molecule has 4 aliphatic rings. The molecule has 2 fully saturated rings. The normalized spacial score (nSPS) is 31.0. The summed E-state index contributed by atoms with van der Waals surface area (Å²) in [5.74, 6) is 0.785. The van der Waals surface area contributed by atoms with E-state index in [1.165, 1.54) is 77.0 Å². The van der Waals surface area contributed by atoms with Crippen LogP contribution in [0.1, 0.15) is 80.3 Å². The number of nitrogens with zero attached hydrogens (tertiary/aromatic N) is 1. The molecule has 28 heavy (non-hydrogen) atoms. The maximum atomic E-state index is 10.9. The van der Waals surface area contributed by atoms with Gasteiger partial charge in [0.05, 0.1) is 25.4 Å². The van der Waals surface area contributed by atoms with Gasteiger partial charge in [-0.3, -0.25) is 0 Å². The van der Waals surface area contributed by atoms with Gasteiger partial charge in [0.2, 0.25) is 0 Å². The molecule has 2 heterocycles. The van der Waals surface area contributed by atoms with Gasteiger partial charge in [0, 0.05) is 17.4 Å². The first kappa shape index (κ1) is 19.1. The molecule has 2 N–H and O–H groups in total. The highest BCUT2D eigenvalue weighted by atomic mass is 16.5. The lowest BCUT2D eigenvalue weighted by Gasteiger charge is -2.42. The van der Waals surface area contributed by atoms with Gasteiger partial charge >= 0.3 is 0 Å². The Kier molecular flexibility index (Phi) is 5.81. The lowest BCUT2D eigenvalue weighted by atomic mass is 9.78. The standard InChI is InChI=1S/C24H38N2O2/c27-18(16-28-23-13-5-7-17-8-6-14-25-24(17)23)15-26-21-11-3-1-9-19(21)20-10-2-4-12-22(20)26/h17-18,23-25,27H,1-16H2. The Morgan fingerprint density at radius 2 is 1.57 bits per heavy atom. The van der Waals surface area contributed by atoms with Crippen LogP contribution in [0.2, 0.25) is 0 Å². The largest absolute Gasteiger partial charge is 0.389 e. The fourth-order valence-corrected chi connectivity index (χ4v) is 6.59. The minimum atomic E-state index is -0.395. The molecular weight excluding hydrogens is 348 g/mol. The summed E-state index contributed by atoms with van der Waals surface area (Å²) in [6.45, 7) is 2.34. The van der Waals surface area contributed by atoms with Crippen molar-refractivity contribution in [3.05, 3.63) is 22.5 Å². The van der Waals surface area contributed by atoms with E-state index in [4.69, 9.17) is 4.74 Å². The van der Waals surface area contributed by atoms with Gasteiger partial charge in [-0.1, -0.05) is 6.42 Å². The maximum absolute atomic E-state index is 10.9. The summed E-state index contributed by atoms with van der Waals surface area (Å²) in [6, 6.07) is 0.516. The Morgan fingerprint density at radius 3 is 2.32 bits per heavy atom. The minimum Gasteiger partial charge on any atom is -0.389 e. The van der Waals surface area contributed by atoms with Crippen LogP contribution in [0.4, 0.5) is 0 Å². The monoisotopic (exact) mass is 386 g/mol. The van der Waals surface area contributed by atoms with E-state index >= 15 is 0 Å². The van der Waals surface area contributed by atoms with Gasteiger partial charge in [-0.15, -0.1) is 0 Å². The molecule has 4 atom stereocenters. The van der Waals surface area contributed by atoms with Gasteiger partial charge in [0.1, 0.15) is 0 Å². The Labute approximate surface area is 170 Å². The topological polar surface area (TPSA) is 46.4 Å². The van der Waals surface area contributed by atoms with E-state index in [0.29, 0.717) is 18.8 Å². The van der Waals surface area contributed by atoms with Crippen LogP contribution in [-0.2, 0) is 37.0 Å². The van der Waals surface area contributed by atoms with Crippen LogP contribution in [0.25, 0.3) is 0 Å². The first-order valence-electron chi connectivity index (χ1n) is 12.1. The lowest BCUT2D eigenvalue weighted by Crippen LogP contribution is -2.52. The Bertz CT molecular complexity index is 647. The molecule has 1 aromatic heterocycles. The first-order chi connectivity index (χ1) is 13.8. The van der Waals surface area contributed by atoms with Crippen molar-refractivity contribution in [3.63, 3.8) is 0 Å². The Hall–Kier alpha value is -0.840. The van der Waals surface area contributed by atoms with Crippen LogP contribution in [0.15, 0.2) is 0 Å². The van der Waals surface area contributed by atoms with Crippen molar-refractivity contribution in [3.8, 4) is 0 Å². The number of aliphatic hydroxyl groups excluding tert-OH is 1. The molecular formula is C24H38N2O2. The third-order valence-electron chi connectivity index (χ3n) is 7.89. The summed E-state index contributed by atoms with van der Waals surface area (Å²) >= 11 is 0. The van der Waals surface area contributed by atoms with E-state index in [9.17, 15) is 5.11 Å². The zero-order valence-electron chi connectivity index (χ0n) is 17.4. The van der Waals surface area contributed by atoms with E-state index in [2.05, 4.69) is 9.88 Å². The summed E-state index contributed by atoms with van der Waals surface area (Å²) in [5.41, 5.74) is 6.39. The number of fused-ring (bicyclic) bond motifs is 4. The van der Waals surface area contributed by atoms with E-state index in [-0.39, 0.29) is 0 Å². The quantitative estimate of drug-likeness (QED) is 0.814. The molecule has 1 aliphatic heterocycles. The van der Waals surface area contributed by atoms with Crippen molar-refractivity contribution in [1.29, 1.82) is 0 Å². The molecule has 3 aliphatic carbocycles. The third-order valence-corrected chi connectivity index (χ3v) is 7.89. The number of aromatic nitrogens is 1. The fraction of sp³-hybridized carbons (Fsp3) is 0.833. The van der Waals surface area contributed by atoms with Gasteiger partial charge in [-0.05, 0) is 101 Å². The Balaban J connectivity index is 1.25. The molecule has 0 aromatic carbocycles. The first-order valence-corrected chi connectivity index (χ1v) is 12.1. The number of ether oxygens (including phenoxy) is 1. The third kappa shape index (κ3) is 3.68. The smallest absolute Gasteiger partial charge is 0.0952 e. The van der Waals surface area contributed by atoms with Gasteiger partial charge in [0.25, 0.3) is 0 Å². The second kappa shape index (κ2) is 8.49. The van der Waals surface area contributed by atoms with Crippen LogP contribution >= 0.6 is 0 Å². The minimum absolute atomic E-state index is 0.293. The highest BCUT2D eigenvalue weighted by Crippen LogP contribution is 2.35. The fourth-order valence-electron chi connectivity index (χ4n) is 6.59. The predicted octanol–water partition coefficient (Wildman–Crippen LogP) is 3.54.